The van der Waals surface area contributed by atoms with Crippen LogP contribution in [0.25, 0.3) is 5.69 Å². The van der Waals surface area contributed by atoms with Crippen molar-refractivity contribution in [2.24, 2.45) is 0 Å². The van der Waals surface area contributed by atoms with E-state index in [1.165, 1.54) is 31.2 Å². The van der Waals surface area contributed by atoms with E-state index >= 15 is 0 Å². The molecular weight excluding hydrogens is 413 g/mol. The number of rotatable bonds is 4. The van der Waals surface area contributed by atoms with Crippen LogP contribution in [0.4, 0.5) is 13.2 Å². The molecule has 134 valence electrons. The molecule has 0 bridgehead atoms. The second-order valence-corrected chi connectivity index (χ2v) is 6.19. The summed E-state index contributed by atoms with van der Waals surface area (Å²) in [6.45, 7) is 1.27. The summed E-state index contributed by atoms with van der Waals surface area (Å²) in [4.78, 5) is 16.7. The SMILES string of the molecule is Cc1nc(OCc2ccc(F)cc2F)c(Br)c(=O)n1-c1ccccc1F. The summed E-state index contributed by atoms with van der Waals surface area (Å²) in [5.41, 5.74) is -0.410. The average molecular weight is 425 g/mol. The van der Waals surface area contributed by atoms with Crippen molar-refractivity contribution in [2.75, 3.05) is 0 Å². The summed E-state index contributed by atoms with van der Waals surface area (Å²) < 4.78 is 47.1. The molecule has 0 aliphatic rings. The molecular formula is C18H12BrF3N2O2. The number of benzene rings is 2. The lowest BCUT2D eigenvalue weighted by molar-refractivity contribution is 0.283. The predicted octanol–water partition coefficient (Wildman–Crippen LogP) is 4.30. The van der Waals surface area contributed by atoms with Crippen LogP contribution in [0, 0.1) is 24.4 Å². The molecule has 0 N–H and O–H groups in total. The minimum atomic E-state index is -0.766. The quantitative estimate of drug-likeness (QED) is 0.626. The van der Waals surface area contributed by atoms with Gasteiger partial charge in [0, 0.05) is 11.6 Å². The molecule has 0 unspecified atom stereocenters. The number of nitrogens with zero attached hydrogens (tertiary/aromatic N) is 2. The van der Waals surface area contributed by atoms with Crippen LogP contribution >= 0.6 is 15.9 Å². The Morgan fingerprint density at radius 1 is 1.12 bits per heavy atom. The number of para-hydroxylation sites is 1. The van der Waals surface area contributed by atoms with Crippen molar-refractivity contribution < 1.29 is 17.9 Å². The van der Waals surface area contributed by atoms with Crippen molar-refractivity contribution in [3.05, 3.63) is 86.1 Å². The number of aromatic nitrogens is 2. The average Bonchev–Trinajstić information content (AvgIpc) is 2.60. The Morgan fingerprint density at radius 2 is 1.85 bits per heavy atom. The zero-order valence-corrected chi connectivity index (χ0v) is 15.1. The molecule has 0 amide bonds. The normalized spacial score (nSPS) is 10.8. The summed E-state index contributed by atoms with van der Waals surface area (Å²) in [6.07, 6.45) is 0. The molecule has 0 saturated carbocycles. The van der Waals surface area contributed by atoms with Gasteiger partial charge in [-0.05, 0) is 47.1 Å². The highest BCUT2D eigenvalue weighted by atomic mass is 79.9. The number of aryl methyl sites for hydroxylation is 1. The van der Waals surface area contributed by atoms with Crippen LogP contribution in [0.3, 0.4) is 0 Å². The maximum absolute atomic E-state index is 14.0. The highest BCUT2D eigenvalue weighted by molar-refractivity contribution is 9.10. The van der Waals surface area contributed by atoms with Gasteiger partial charge in [-0.25, -0.2) is 13.2 Å². The fourth-order valence-corrected chi connectivity index (χ4v) is 2.76. The van der Waals surface area contributed by atoms with E-state index in [0.717, 1.165) is 16.7 Å². The Labute approximate surface area is 155 Å². The topological polar surface area (TPSA) is 44.1 Å². The van der Waals surface area contributed by atoms with Crippen LogP contribution < -0.4 is 10.3 Å². The van der Waals surface area contributed by atoms with Gasteiger partial charge in [0.15, 0.2) is 0 Å². The van der Waals surface area contributed by atoms with Crippen molar-refractivity contribution >= 4 is 15.9 Å². The van der Waals surface area contributed by atoms with Crippen LogP contribution in [-0.4, -0.2) is 9.55 Å². The Kier molecular flexibility index (Phi) is 5.13. The highest BCUT2D eigenvalue weighted by Gasteiger charge is 2.17. The van der Waals surface area contributed by atoms with E-state index in [4.69, 9.17) is 4.74 Å². The van der Waals surface area contributed by atoms with Gasteiger partial charge in [-0.1, -0.05) is 12.1 Å². The largest absolute Gasteiger partial charge is 0.472 e. The molecule has 1 aromatic heterocycles. The van der Waals surface area contributed by atoms with E-state index in [9.17, 15) is 18.0 Å². The molecule has 0 radical (unpaired) electrons. The Balaban J connectivity index is 1.96. The molecule has 3 rings (SSSR count). The van der Waals surface area contributed by atoms with Gasteiger partial charge >= 0.3 is 0 Å². The van der Waals surface area contributed by atoms with E-state index in [0.29, 0.717) is 0 Å². The van der Waals surface area contributed by atoms with Crippen molar-refractivity contribution in [1.82, 2.24) is 9.55 Å². The summed E-state index contributed by atoms with van der Waals surface area (Å²) in [5, 5.41) is 0. The molecule has 0 atom stereocenters. The monoisotopic (exact) mass is 424 g/mol. The summed E-state index contributed by atoms with van der Waals surface area (Å²) in [6, 6.07) is 8.87. The van der Waals surface area contributed by atoms with E-state index in [-0.39, 0.29) is 34.0 Å². The van der Waals surface area contributed by atoms with E-state index < -0.39 is 23.0 Å². The van der Waals surface area contributed by atoms with Gasteiger partial charge in [-0.3, -0.25) is 9.36 Å². The van der Waals surface area contributed by atoms with E-state index in [1.807, 2.05) is 0 Å². The third-order valence-electron chi connectivity index (χ3n) is 3.64. The lowest BCUT2D eigenvalue weighted by Crippen LogP contribution is -2.24. The minimum absolute atomic E-state index is 0.0335. The molecule has 0 fully saturated rings. The lowest BCUT2D eigenvalue weighted by atomic mass is 10.2. The van der Waals surface area contributed by atoms with Gasteiger partial charge in [0.1, 0.15) is 34.4 Å². The maximum Gasteiger partial charge on any atom is 0.276 e. The molecule has 0 saturated heterocycles. The molecule has 3 aromatic rings. The standard InChI is InChI=1S/C18H12BrF3N2O2/c1-10-23-17(26-9-11-6-7-12(20)8-14(11)22)16(19)18(25)24(10)15-5-3-2-4-13(15)21/h2-8H,9H2,1H3. The van der Waals surface area contributed by atoms with Crippen LogP contribution in [0.2, 0.25) is 0 Å². The zero-order chi connectivity index (χ0) is 18.8. The van der Waals surface area contributed by atoms with Crippen LogP contribution in [0.5, 0.6) is 5.88 Å². The second kappa shape index (κ2) is 7.33. The maximum atomic E-state index is 14.0. The molecule has 0 aliphatic heterocycles. The predicted molar refractivity (Wildman–Crippen MR) is 92.9 cm³/mol. The van der Waals surface area contributed by atoms with Crippen molar-refractivity contribution in [3.8, 4) is 11.6 Å². The number of halogens is 4. The third-order valence-corrected chi connectivity index (χ3v) is 4.32. The Bertz CT molecular complexity index is 1040. The lowest BCUT2D eigenvalue weighted by Gasteiger charge is -2.14. The smallest absolute Gasteiger partial charge is 0.276 e. The number of hydrogen-bond donors (Lipinski definition) is 0. The van der Waals surface area contributed by atoms with Gasteiger partial charge < -0.3 is 4.74 Å². The van der Waals surface area contributed by atoms with Crippen molar-refractivity contribution in [1.29, 1.82) is 0 Å². The van der Waals surface area contributed by atoms with Gasteiger partial charge in [-0.15, -0.1) is 0 Å². The van der Waals surface area contributed by atoms with Gasteiger partial charge in [0.2, 0.25) is 5.88 Å². The zero-order valence-electron chi connectivity index (χ0n) is 13.5. The van der Waals surface area contributed by atoms with Gasteiger partial charge in [0.25, 0.3) is 5.56 Å². The van der Waals surface area contributed by atoms with Crippen LogP contribution in [0.15, 0.2) is 51.7 Å². The second-order valence-electron chi connectivity index (χ2n) is 5.39. The Morgan fingerprint density at radius 3 is 2.54 bits per heavy atom. The first-order chi connectivity index (χ1) is 12.4. The number of hydrogen-bond acceptors (Lipinski definition) is 3. The summed E-state index contributed by atoms with van der Waals surface area (Å²) in [5.74, 6) is -1.92. The molecule has 4 nitrogen and oxygen atoms in total. The van der Waals surface area contributed by atoms with Crippen molar-refractivity contribution in [3.63, 3.8) is 0 Å². The summed E-state index contributed by atoms with van der Waals surface area (Å²) >= 11 is 3.09. The van der Waals surface area contributed by atoms with Gasteiger partial charge in [-0.2, -0.15) is 4.98 Å². The minimum Gasteiger partial charge on any atom is -0.472 e. The fourth-order valence-electron chi connectivity index (χ4n) is 2.38. The molecule has 1 heterocycles. The molecule has 2 aromatic carbocycles. The van der Waals surface area contributed by atoms with E-state index in [2.05, 4.69) is 20.9 Å². The molecule has 0 spiro atoms. The first kappa shape index (κ1) is 18.2. The molecule has 26 heavy (non-hydrogen) atoms. The first-order valence-corrected chi connectivity index (χ1v) is 8.28. The highest BCUT2D eigenvalue weighted by Crippen LogP contribution is 2.23. The van der Waals surface area contributed by atoms with Crippen LogP contribution in [-0.2, 0) is 6.61 Å². The summed E-state index contributed by atoms with van der Waals surface area (Å²) in [7, 11) is 0. The number of ether oxygens (including phenoxy) is 1. The van der Waals surface area contributed by atoms with Crippen molar-refractivity contribution in [2.45, 2.75) is 13.5 Å². The van der Waals surface area contributed by atoms with Crippen LogP contribution in [0.1, 0.15) is 11.4 Å². The fraction of sp³-hybridized carbons (Fsp3) is 0.111. The third kappa shape index (κ3) is 3.50. The van der Waals surface area contributed by atoms with Gasteiger partial charge in [0.05, 0.1) is 5.69 Å². The first-order valence-electron chi connectivity index (χ1n) is 7.49. The molecule has 0 aliphatic carbocycles. The van der Waals surface area contributed by atoms with E-state index in [1.54, 1.807) is 6.07 Å². The Hall–Kier alpha value is -2.61. The molecule has 8 heteroatoms.